The molecule has 2 aliphatic heterocycles. The van der Waals surface area contributed by atoms with E-state index in [0.29, 0.717) is 26.4 Å². The quantitative estimate of drug-likeness (QED) is 0.0575. The molecule has 0 radical (unpaired) electrons. The van der Waals surface area contributed by atoms with E-state index in [9.17, 15) is 0 Å². The summed E-state index contributed by atoms with van der Waals surface area (Å²) in [4.78, 5) is 9.02. The molecule has 0 bridgehead atoms. The van der Waals surface area contributed by atoms with Gasteiger partial charge in [0, 0.05) is 25.2 Å². The first kappa shape index (κ1) is 77.3. The fourth-order valence-electron chi connectivity index (χ4n) is 11.1. The number of nitrogens with zero attached hydrogens (tertiary/aromatic N) is 10. The molecule has 0 N–H and O–H groups in total. The van der Waals surface area contributed by atoms with Crippen molar-refractivity contribution >= 4 is 126 Å². The van der Waals surface area contributed by atoms with Crippen molar-refractivity contribution in [2.24, 2.45) is 14.1 Å². The van der Waals surface area contributed by atoms with Crippen LogP contribution in [0.25, 0.3) is 10.0 Å². The molecular weight excluding hydrogens is 1710 g/mol. The maximum atomic E-state index is 5.94. The van der Waals surface area contributed by atoms with Crippen molar-refractivity contribution < 1.29 is 38.2 Å². The van der Waals surface area contributed by atoms with E-state index in [4.69, 9.17) is 35.0 Å². The Kier molecular flexibility index (Phi) is 30.9. The molecule has 0 spiro atoms. The Balaban J connectivity index is 0.000000140. The van der Waals surface area contributed by atoms with E-state index >= 15 is 0 Å². The van der Waals surface area contributed by atoms with Gasteiger partial charge in [0.15, 0.2) is 11.6 Å². The number of hydrogen-bond acceptors (Lipinski definition) is 10. The summed E-state index contributed by atoms with van der Waals surface area (Å²) in [6.45, 7) is 6.08. The fourth-order valence-corrected chi connectivity index (χ4v) is 19.0. The third kappa shape index (κ3) is 20.8. The van der Waals surface area contributed by atoms with Crippen LogP contribution in [0.4, 0.5) is 0 Å². The molecule has 0 amide bonds. The second kappa shape index (κ2) is 40.7. The Labute approximate surface area is 651 Å². The molecule has 8 heterocycles. The Bertz CT molecular complexity index is 4660. The molecule has 8 aromatic carbocycles. The summed E-state index contributed by atoms with van der Waals surface area (Å²) < 4.78 is 20.9. The average molecular weight is 1780 g/mol. The van der Waals surface area contributed by atoms with E-state index < -0.39 is 15.8 Å². The predicted octanol–water partition coefficient (Wildman–Crippen LogP) is 17.0. The number of imidazole rings is 2. The van der Waals surface area contributed by atoms with Crippen LogP contribution in [0.15, 0.2) is 271 Å². The zero-order valence-corrected chi connectivity index (χ0v) is 67.0. The van der Waals surface area contributed by atoms with Crippen LogP contribution < -0.4 is 31.8 Å². The van der Waals surface area contributed by atoms with Crippen LogP contribution in [0, 0.1) is 38.0 Å². The van der Waals surface area contributed by atoms with Gasteiger partial charge in [0.1, 0.15) is 46.3 Å². The first-order valence-corrected chi connectivity index (χ1v) is 44.0. The summed E-state index contributed by atoms with van der Waals surface area (Å²) in [7, 11) is 12.5. The summed E-state index contributed by atoms with van der Waals surface area (Å²) in [5.41, 5.74) is 9.17. The fraction of sp³-hybridized carbons (Fsp3) is 0.125. The van der Waals surface area contributed by atoms with Gasteiger partial charge in [-0.25, -0.2) is 9.97 Å². The van der Waals surface area contributed by atoms with Crippen LogP contribution in [0.1, 0.15) is 72.9 Å². The predicted molar refractivity (Wildman–Crippen MR) is 427 cm³/mol. The minimum atomic E-state index is -0.446. The van der Waals surface area contributed by atoms with Crippen molar-refractivity contribution in [3.63, 3.8) is 0 Å². The Morgan fingerprint density at radius 1 is 0.480 bits per heavy atom. The van der Waals surface area contributed by atoms with E-state index in [0.717, 1.165) is 61.2 Å². The van der Waals surface area contributed by atoms with Crippen molar-refractivity contribution in [3.8, 4) is 34.2 Å². The summed E-state index contributed by atoms with van der Waals surface area (Å²) in [5, 5.41) is 27.6. The molecule has 0 atom stereocenters. The number of fused-ring (bicyclic) bond motifs is 6. The molecule has 0 saturated heterocycles. The van der Waals surface area contributed by atoms with Crippen LogP contribution in [-0.2, 0) is 91.5 Å². The van der Waals surface area contributed by atoms with E-state index in [-0.39, 0.29) is 15.9 Å². The van der Waals surface area contributed by atoms with Gasteiger partial charge < -0.3 is 18.6 Å². The number of thiophene rings is 2. The van der Waals surface area contributed by atoms with Gasteiger partial charge in [0.25, 0.3) is 0 Å². The zero-order valence-electron chi connectivity index (χ0n) is 55.9. The molecule has 6 aromatic heterocycles. The SMILES string of the molecule is C#Cc1cncn1C.Cc1nnc2n1-c1sc(Br)c(Cc3ccccc3)c1COC2.Cc1nnc2n1-c1sc(C#Cc3cncn3C)c(Cc3ccccc3)c1COC2.[Cl][Pd][Cl].[Cu][I].c1ccc(P(c2ccccc2)c2ccccc2)cc1.c1ccc(P(c2ccccc2)c2ccccc2)cc1. The van der Waals surface area contributed by atoms with Crippen LogP contribution in [0.5, 0.6) is 0 Å². The molecule has 0 aliphatic carbocycles. The number of hydrogen-bond donors (Lipinski definition) is 0. The minimum absolute atomic E-state index is 0.106. The van der Waals surface area contributed by atoms with Crippen LogP contribution in [0.3, 0.4) is 0 Å². The zero-order chi connectivity index (χ0) is 71.4. The Hall–Kier alpha value is -7.27. The molecule has 16 rings (SSSR count). The first-order valence-electron chi connectivity index (χ1n) is 31.9. The van der Waals surface area contributed by atoms with Crippen molar-refractivity contribution in [2.45, 2.75) is 53.1 Å². The molecule has 0 fully saturated rings. The average Bonchev–Trinajstić information content (AvgIpc) is 1.62. The summed E-state index contributed by atoms with van der Waals surface area (Å²) in [6.07, 6.45) is 13.7. The standard InChI is InChI=1S/C22H19N5OS.2C18H15P.C16H14BrN3OS.C6H6N2.2ClH.Cu.HI.Pd/c1-15-24-25-21-13-28-12-19-18(10-16-6-4-3-5-7-16)20(29-22(19)27(15)21)9-8-17-11-23-14-26(17)2;2*1-4-10-16(11-5-1)19(17-12-6-2-7-13-17)18-14-8-3-9-15-18;1-10-18-19-14-9-21-8-13-12(7-11-5-3-2-4-6-11)15(17)22-16(13)20(10)14;1-3-6-4-7-5-8(6)2;;;;;/h3-7,11,14H,10,12-13H2,1-2H3;2*1-15H;2-6H,7-9H2,1H3;1,4-5H,2H3;2*1H;;1H;/q;;;;;;;+1;;+2/p-3. The van der Waals surface area contributed by atoms with Crippen molar-refractivity contribution in [3.05, 3.63) is 344 Å². The van der Waals surface area contributed by atoms with Gasteiger partial charge >= 0.3 is 68.1 Å². The molecule has 102 heavy (non-hydrogen) atoms. The number of terminal acetylenes is 1. The van der Waals surface area contributed by atoms with Gasteiger partial charge in [-0.15, -0.1) is 49.5 Å². The molecule has 522 valence electrons. The van der Waals surface area contributed by atoms with Gasteiger partial charge in [-0.2, -0.15) is 0 Å². The number of rotatable bonds is 10. The second-order valence-corrected chi connectivity index (χ2v) is 32.7. The number of benzene rings is 8. The molecule has 14 aromatic rings. The third-order valence-corrected chi connectivity index (χ3v) is 24.0. The number of aromatic nitrogens is 10. The largest absolute Gasteiger partial charge is 0.0622 e. The number of halogens is 4. The molecule has 2 aliphatic rings. The maximum absolute atomic E-state index is 5.94. The van der Waals surface area contributed by atoms with Crippen LogP contribution in [0.2, 0.25) is 0 Å². The Morgan fingerprint density at radius 3 is 1.14 bits per heavy atom. The minimum Gasteiger partial charge on any atom is -0.0622 e. The summed E-state index contributed by atoms with van der Waals surface area (Å²) >= 11 is 12.9. The van der Waals surface area contributed by atoms with Gasteiger partial charge in [0.2, 0.25) is 0 Å². The van der Waals surface area contributed by atoms with Gasteiger partial charge in [-0.1, -0.05) is 249 Å². The summed E-state index contributed by atoms with van der Waals surface area (Å²) in [5.74, 6) is 12.6. The summed E-state index contributed by atoms with van der Waals surface area (Å²) in [6, 6.07) is 85.6. The monoisotopic (exact) mass is 1770 g/mol. The molecule has 12 nitrogen and oxygen atoms in total. The first-order chi connectivity index (χ1) is 50.1. The molecule has 0 unspecified atom stereocenters. The maximum Gasteiger partial charge on any atom is -0.0134 e. The molecule has 22 heteroatoms. The normalized spacial score (nSPS) is 11.4. The van der Waals surface area contributed by atoms with Crippen molar-refractivity contribution in [1.82, 2.24) is 48.6 Å². The number of ether oxygens (including phenoxy) is 2. The Morgan fingerprint density at radius 2 is 0.804 bits per heavy atom. The van der Waals surface area contributed by atoms with Gasteiger partial charge in [0.05, 0.1) is 46.9 Å². The van der Waals surface area contributed by atoms with E-state index in [1.54, 1.807) is 72.6 Å². The van der Waals surface area contributed by atoms with Crippen LogP contribution in [-0.4, -0.2) is 48.6 Å². The van der Waals surface area contributed by atoms with E-state index in [1.807, 2.05) is 44.6 Å². The van der Waals surface area contributed by atoms with E-state index in [2.05, 4.69) is 316 Å². The van der Waals surface area contributed by atoms with E-state index in [1.165, 1.54) is 70.2 Å². The van der Waals surface area contributed by atoms with Gasteiger partial charge in [-0.05, 0) is 124 Å². The smallest absolute Gasteiger partial charge is 0.0134 e. The number of aryl methyl sites for hydroxylation is 4. The molecule has 0 saturated carbocycles. The van der Waals surface area contributed by atoms with Crippen molar-refractivity contribution in [1.29, 1.82) is 0 Å². The van der Waals surface area contributed by atoms with Gasteiger partial charge in [-0.3, -0.25) is 9.13 Å². The second-order valence-electron chi connectivity index (χ2n) is 22.5. The van der Waals surface area contributed by atoms with Crippen LogP contribution >= 0.6 is 93.8 Å². The van der Waals surface area contributed by atoms with Crippen molar-refractivity contribution in [2.75, 3.05) is 0 Å². The third-order valence-electron chi connectivity index (χ3n) is 15.9. The topological polar surface area (TPSA) is 116 Å². The molecular formula is C80H69BrCl2CuIN10O2P2PdS2.